The van der Waals surface area contributed by atoms with Crippen LogP contribution in [0.2, 0.25) is 0 Å². The van der Waals surface area contributed by atoms with Gasteiger partial charge in [-0.2, -0.15) is 0 Å². The molecule has 0 saturated heterocycles. The maximum absolute atomic E-state index is 13.0. The minimum atomic E-state index is -0.390. The van der Waals surface area contributed by atoms with Gasteiger partial charge in [0.15, 0.2) is 17.1 Å². The fraction of sp³-hybridized carbons (Fsp3) is 0.481. The van der Waals surface area contributed by atoms with E-state index in [1.54, 1.807) is 0 Å². The van der Waals surface area contributed by atoms with Crippen molar-refractivity contribution in [1.82, 2.24) is 14.8 Å². The summed E-state index contributed by atoms with van der Waals surface area (Å²) in [4.78, 5) is 26.8. The van der Waals surface area contributed by atoms with Crippen molar-refractivity contribution >= 4 is 40.0 Å². The van der Waals surface area contributed by atoms with E-state index in [0.29, 0.717) is 28.1 Å². The van der Waals surface area contributed by atoms with Crippen molar-refractivity contribution in [3.8, 4) is 5.75 Å². The highest BCUT2D eigenvalue weighted by Gasteiger charge is 2.26. The number of amides is 1. The van der Waals surface area contributed by atoms with Crippen molar-refractivity contribution in [2.45, 2.75) is 77.1 Å². The van der Waals surface area contributed by atoms with Crippen LogP contribution in [0, 0.1) is 6.92 Å². The first-order valence-electron chi connectivity index (χ1n) is 12.7. The van der Waals surface area contributed by atoms with Crippen LogP contribution in [0.15, 0.2) is 29.4 Å². The van der Waals surface area contributed by atoms with E-state index in [4.69, 9.17) is 9.47 Å². The molecular formula is C27H34N4O4S2. The number of aryl methyl sites for hydroxylation is 2. The molecule has 8 nitrogen and oxygen atoms in total. The summed E-state index contributed by atoms with van der Waals surface area (Å²) in [6, 6.07) is 7.86. The zero-order chi connectivity index (χ0) is 26.4. The van der Waals surface area contributed by atoms with Gasteiger partial charge in [-0.25, -0.2) is 4.79 Å². The van der Waals surface area contributed by atoms with E-state index in [1.807, 2.05) is 49.6 Å². The number of thiophene rings is 1. The van der Waals surface area contributed by atoms with Crippen LogP contribution < -0.4 is 10.1 Å². The SMILES string of the molecule is CCn1c(SCC(=O)Nc2sc3c(c2C(=O)OC)CCCCCC3)nnc1C(C)Oc1ccccc1C. The molecule has 1 aliphatic rings. The van der Waals surface area contributed by atoms with Crippen molar-refractivity contribution in [3.63, 3.8) is 0 Å². The number of thioether (sulfide) groups is 1. The zero-order valence-corrected chi connectivity index (χ0v) is 23.5. The summed E-state index contributed by atoms with van der Waals surface area (Å²) < 4.78 is 13.2. The fourth-order valence-corrected chi connectivity index (χ4v) is 6.66. The summed E-state index contributed by atoms with van der Waals surface area (Å²) in [5.74, 6) is 1.08. The monoisotopic (exact) mass is 542 g/mol. The van der Waals surface area contributed by atoms with E-state index < -0.39 is 0 Å². The second-order valence-electron chi connectivity index (χ2n) is 9.06. The number of hydrogen-bond acceptors (Lipinski definition) is 8. The van der Waals surface area contributed by atoms with E-state index >= 15 is 0 Å². The third-order valence-electron chi connectivity index (χ3n) is 6.47. The number of aromatic nitrogens is 3. The lowest BCUT2D eigenvalue weighted by atomic mass is 9.96. The Kier molecular flexibility index (Phi) is 9.26. The average Bonchev–Trinajstić information content (AvgIpc) is 3.44. The van der Waals surface area contributed by atoms with E-state index in [9.17, 15) is 9.59 Å². The minimum absolute atomic E-state index is 0.147. The first-order valence-corrected chi connectivity index (χ1v) is 14.5. The van der Waals surface area contributed by atoms with Crippen molar-refractivity contribution in [1.29, 1.82) is 0 Å². The Bertz CT molecular complexity index is 1250. The van der Waals surface area contributed by atoms with Gasteiger partial charge in [0, 0.05) is 11.4 Å². The van der Waals surface area contributed by atoms with Crippen molar-refractivity contribution < 1.29 is 19.1 Å². The van der Waals surface area contributed by atoms with Gasteiger partial charge in [-0.15, -0.1) is 21.5 Å². The molecule has 198 valence electrons. The van der Waals surface area contributed by atoms with Crippen LogP contribution in [-0.4, -0.2) is 39.5 Å². The third-order valence-corrected chi connectivity index (χ3v) is 8.64. The molecule has 0 aliphatic heterocycles. The molecule has 0 saturated carbocycles. The molecule has 4 rings (SSSR count). The first kappa shape index (κ1) is 27.2. The molecule has 10 heteroatoms. The predicted molar refractivity (Wildman–Crippen MR) is 147 cm³/mol. The molecule has 0 radical (unpaired) electrons. The molecular weight excluding hydrogens is 508 g/mol. The van der Waals surface area contributed by atoms with Crippen LogP contribution in [0.4, 0.5) is 5.00 Å². The molecule has 0 spiro atoms. The summed E-state index contributed by atoms with van der Waals surface area (Å²) in [6.45, 7) is 6.62. The van der Waals surface area contributed by atoms with E-state index in [-0.39, 0.29) is 23.7 Å². The molecule has 1 N–H and O–H groups in total. The van der Waals surface area contributed by atoms with Crippen molar-refractivity contribution in [2.24, 2.45) is 0 Å². The standard InChI is InChI=1S/C27H34N4O4S2/c1-5-31-24(18(3)35-20-14-11-10-12-17(20)2)29-30-27(31)36-16-22(32)28-25-23(26(33)34-4)19-13-8-6-7-9-15-21(19)37-25/h10-12,14,18H,5-9,13,15-16H2,1-4H3,(H,28,32). The molecule has 0 bridgehead atoms. The third kappa shape index (κ3) is 6.35. The number of benzene rings is 1. The lowest BCUT2D eigenvalue weighted by Gasteiger charge is -2.17. The molecule has 1 aliphatic carbocycles. The predicted octanol–water partition coefficient (Wildman–Crippen LogP) is 5.98. The number of nitrogens with zero attached hydrogens (tertiary/aromatic N) is 3. The Morgan fingerprint density at radius 2 is 1.92 bits per heavy atom. The Labute approximate surface area is 226 Å². The summed E-state index contributed by atoms with van der Waals surface area (Å²) in [5.41, 5.74) is 2.61. The number of fused-ring (bicyclic) bond motifs is 1. The highest BCUT2D eigenvalue weighted by atomic mass is 32.2. The van der Waals surface area contributed by atoms with E-state index in [1.165, 1.54) is 41.5 Å². The zero-order valence-electron chi connectivity index (χ0n) is 21.8. The Balaban J connectivity index is 1.45. The molecule has 3 aromatic rings. The molecule has 1 unspecified atom stereocenters. The lowest BCUT2D eigenvalue weighted by molar-refractivity contribution is -0.113. The number of methoxy groups -OCH3 is 1. The van der Waals surface area contributed by atoms with Gasteiger partial charge in [0.25, 0.3) is 0 Å². The molecule has 1 aromatic carbocycles. The van der Waals surface area contributed by atoms with Gasteiger partial charge in [0.05, 0.1) is 18.4 Å². The van der Waals surface area contributed by atoms with Crippen LogP contribution >= 0.6 is 23.1 Å². The van der Waals surface area contributed by atoms with Crippen LogP contribution in [0.25, 0.3) is 0 Å². The second kappa shape index (κ2) is 12.6. The van der Waals surface area contributed by atoms with Gasteiger partial charge in [-0.1, -0.05) is 42.8 Å². The lowest BCUT2D eigenvalue weighted by Crippen LogP contribution is -2.17. The molecule has 0 fully saturated rings. The normalized spacial score (nSPS) is 14.3. The maximum Gasteiger partial charge on any atom is 0.341 e. The number of hydrogen-bond donors (Lipinski definition) is 1. The molecule has 37 heavy (non-hydrogen) atoms. The number of ether oxygens (including phenoxy) is 2. The summed E-state index contributed by atoms with van der Waals surface area (Å²) in [6.07, 6.45) is 5.95. The number of rotatable bonds is 9. The number of carbonyl (C=O) groups is 2. The van der Waals surface area contributed by atoms with E-state index in [0.717, 1.165) is 49.0 Å². The summed E-state index contributed by atoms with van der Waals surface area (Å²) in [7, 11) is 1.38. The summed E-state index contributed by atoms with van der Waals surface area (Å²) in [5, 5.41) is 12.9. The van der Waals surface area contributed by atoms with Gasteiger partial charge >= 0.3 is 5.97 Å². The largest absolute Gasteiger partial charge is 0.482 e. The van der Waals surface area contributed by atoms with Gasteiger partial charge in [0.2, 0.25) is 5.91 Å². The maximum atomic E-state index is 13.0. The van der Waals surface area contributed by atoms with Crippen LogP contribution in [0.1, 0.15) is 77.8 Å². The van der Waals surface area contributed by atoms with Crippen LogP contribution in [0.5, 0.6) is 5.75 Å². The second-order valence-corrected chi connectivity index (χ2v) is 11.1. The topological polar surface area (TPSA) is 95.3 Å². The Morgan fingerprint density at radius 3 is 2.65 bits per heavy atom. The van der Waals surface area contributed by atoms with Gasteiger partial charge in [-0.05, 0) is 63.6 Å². The number of nitrogens with one attached hydrogen (secondary N) is 1. The highest BCUT2D eigenvalue weighted by Crippen LogP contribution is 2.37. The van der Waals surface area contributed by atoms with Crippen LogP contribution in [-0.2, 0) is 28.9 Å². The number of para-hydroxylation sites is 1. The number of anilines is 1. The quantitative estimate of drug-likeness (QED) is 0.262. The van der Waals surface area contributed by atoms with Crippen molar-refractivity contribution in [3.05, 3.63) is 51.7 Å². The Hall–Kier alpha value is -2.85. The first-order chi connectivity index (χ1) is 17.9. The number of esters is 1. The fourth-order valence-electron chi connectivity index (χ4n) is 4.55. The molecule has 1 atom stereocenters. The average molecular weight is 543 g/mol. The highest BCUT2D eigenvalue weighted by molar-refractivity contribution is 7.99. The van der Waals surface area contributed by atoms with Crippen LogP contribution in [0.3, 0.4) is 0 Å². The molecule has 1 amide bonds. The van der Waals surface area contributed by atoms with Crippen molar-refractivity contribution in [2.75, 3.05) is 18.2 Å². The minimum Gasteiger partial charge on any atom is -0.482 e. The number of carbonyl (C=O) groups excluding carboxylic acids is 2. The molecule has 2 heterocycles. The van der Waals surface area contributed by atoms with Gasteiger partial charge in [0.1, 0.15) is 10.8 Å². The Morgan fingerprint density at radius 1 is 1.16 bits per heavy atom. The van der Waals surface area contributed by atoms with Gasteiger partial charge in [-0.3, -0.25) is 4.79 Å². The summed E-state index contributed by atoms with van der Waals surface area (Å²) >= 11 is 2.82. The van der Waals surface area contributed by atoms with E-state index in [2.05, 4.69) is 15.5 Å². The van der Waals surface area contributed by atoms with Gasteiger partial charge < -0.3 is 19.4 Å². The molecule has 2 aromatic heterocycles. The smallest absolute Gasteiger partial charge is 0.341 e.